The molecule has 1 aliphatic heterocycles. The molecule has 6 nitrogen and oxygen atoms in total. The number of rotatable bonds is 4. The van der Waals surface area contributed by atoms with E-state index in [1.54, 1.807) is 0 Å². The molecule has 0 aromatic rings. The van der Waals surface area contributed by atoms with E-state index in [-0.39, 0.29) is 35.8 Å². The average molecular weight is 502 g/mol. The molecule has 1 saturated heterocycles. The van der Waals surface area contributed by atoms with Gasteiger partial charge in [0.05, 0.1) is 6.10 Å². The van der Waals surface area contributed by atoms with Gasteiger partial charge >= 0.3 is 0 Å². The van der Waals surface area contributed by atoms with Crippen LogP contribution in [-0.4, -0.2) is 49.8 Å². The van der Waals surface area contributed by atoms with E-state index < -0.39 is 0 Å². The van der Waals surface area contributed by atoms with Gasteiger partial charge in [-0.25, -0.2) is 0 Å². The smallest absolute Gasteiger partial charge is 0.223 e. The number of carbonyl (C=O) groups is 1. The molecule has 1 spiro atoms. The van der Waals surface area contributed by atoms with Crippen molar-refractivity contribution < 1.29 is 9.53 Å². The zero-order valence-electron chi connectivity index (χ0n) is 16.9. The van der Waals surface area contributed by atoms with Crippen LogP contribution < -0.4 is 16.0 Å². The van der Waals surface area contributed by atoms with Crippen molar-refractivity contribution in [2.45, 2.75) is 88.4 Å². The van der Waals surface area contributed by atoms with Gasteiger partial charge in [-0.3, -0.25) is 9.79 Å². The van der Waals surface area contributed by atoms with E-state index in [9.17, 15) is 4.79 Å². The summed E-state index contributed by atoms with van der Waals surface area (Å²) in [6.07, 6.45) is 12.1. The van der Waals surface area contributed by atoms with E-state index in [2.05, 4.69) is 20.9 Å². The van der Waals surface area contributed by atoms with E-state index in [1.807, 2.05) is 7.05 Å². The van der Waals surface area contributed by atoms with Crippen LogP contribution in [0.15, 0.2) is 4.99 Å². The molecule has 5 aliphatic rings. The summed E-state index contributed by atoms with van der Waals surface area (Å²) in [6.45, 7) is 0.918. The van der Waals surface area contributed by atoms with Crippen LogP contribution in [0.4, 0.5) is 0 Å². The van der Waals surface area contributed by atoms with Crippen molar-refractivity contribution in [3.63, 3.8) is 0 Å². The zero-order chi connectivity index (χ0) is 18.4. The second kappa shape index (κ2) is 8.28. The van der Waals surface area contributed by atoms with Crippen LogP contribution in [0.25, 0.3) is 0 Å². The summed E-state index contributed by atoms with van der Waals surface area (Å²) in [5.74, 6) is 1.99. The van der Waals surface area contributed by atoms with Crippen molar-refractivity contribution in [3.8, 4) is 0 Å². The SMILES string of the molecule is CN=C(NC1CCCC(C(=O)NC2CC2)C1)NC1C2CCOC2C12CCC2.I. The molecule has 158 valence electrons. The Morgan fingerprint density at radius 2 is 1.82 bits per heavy atom. The van der Waals surface area contributed by atoms with Crippen molar-refractivity contribution in [3.05, 3.63) is 0 Å². The van der Waals surface area contributed by atoms with Gasteiger partial charge in [-0.1, -0.05) is 12.8 Å². The standard InChI is InChI=1S/C21H34N4O2.HI/c1-22-20(25-17-16-8-11-27-18(16)21(17)9-3-10-21)24-15-5-2-4-13(12-15)19(26)23-14-6-7-14;/h13-18H,2-12H2,1H3,(H,23,26)(H2,22,24,25);1H. The Hall–Kier alpha value is -0.570. The minimum atomic E-state index is 0. The number of halogens is 1. The molecule has 5 fully saturated rings. The Balaban J connectivity index is 0.00000192. The van der Waals surface area contributed by atoms with Crippen molar-refractivity contribution in [2.75, 3.05) is 13.7 Å². The monoisotopic (exact) mass is 502 g/mol. The Morgan fingerprint density at radius 3 is 2.50 bits per heavy atom. The first kappa shape index (κ1) is 20.7. The molecular formula is C21H35IN4O2. The number of carbonyl (C=O) groups excluding carboxylic acids is 1. The van der Waals surface area contributed by atoms with Crippen LogP contribution >= 0.6 is 24.0 Å². The molecule has 0 aromatic heterocycles. The molecule has 7 heteroatoms. The summed E-state index contributed by atoms with van der Waals surface area (Å²) in [7, 11) is 1.87. The molecule has 28 heavy (non-hydrogen) atoms. The summed E-state index contributed by atoms with van der Waals surface area (Å²) in [5.41, 5.74) is 0.359. The summed E-state index contributed by atoms with van der Waals surface area (Å²) in [4.78, 5) is 17.0. The lowest BCUT2D eigenvalue weighted by Gasteiger charge is -2.63. The van der Waals surface area contributed by atoms with Gasteiger partial charge in [-0.2, -0.15) is 0 Å². The van der Waals surface area contributed by atoms with Gasteiger partial charge in [0.1, 0.15) is 0 Å². The molecular weight excluding hydrogens is 467 g/mol. The fourth-order valence-corrected chi connectivity index (χ4v) is 6.07. The van der Waals surface area contributed by atoms with Crippen LogP contribution in [0.3, 0.4) is 0 Å². The van der Waals surface area contributed by atoms with Gasteiger partial charge in [0, 0.05) is 49.0 Å². The third kappa shape index (κ3) is 3.66. The highest BCUT2D eigenvalue weighted by Crippen LogP contribution is 2.62. The molecule has 4 aliphatic carbocycles. The lowest BCUT2D eigenvalue weighted by atomic mass is 9.46. The molecule has 3 N–H and O–H groups in total. The number of nitrogens with one attached hydrogen (secondary N) is 3. The van der Waals surface area contributed by atoms with Gasteiger partial charge in [0.2, 0.25) is 5.91 Å². The van der Waals surface area contributed by atoms with Gasteiger partial charge in [0.25, 0.3) is 0 Å². The number of aliphatic imine (C=N–C) groups is 1. The predicted octanol–water partition coefficient (Wildman–Crippen LogP) is 2.56. The maximum absolute atomic E-state index is 12.4. The van der Waals surface area contributed by atoms with Crippen molar-refractivity contribution in [1.82, 2.24) is 16.0 Å². The van der Waals surface area contributed by atoms with E-state index in [4.69, 9.17) is 4.74 Å². The Labute approximate surface area is 185 Å². The van der Waals surface area contributed by atoms with E-state index in [1.165, 1.54) is 25.7 Å². The Kier molecular flexibility index (Phi) is 6.12. The highest BCUT2D eigenvalue weighted by atomic mass is 127. The van der Waals surface area contributed by atoms with E-state index >= 15 is 0 Å². The van der Waals surface area contributed by atoms with Crippen LogP contribution in [0.1, 0.15) is 64.2 Å². The van der Waals surface area contributed by atoms with Crippen LogP contribution in [-0.2, 0) is 9.53 Å². The molecule has 5 rings (SSSR count). The number of ether oxygens (including phenoxy) is 1. The number of fused-ring (bicyclic) bond motifs is 2. The van der Waals surface area contributed by atoms with Gasteiger partial charge in [-0.05, 0) is 51.4 Å². The first-order valence-corrected chi connectivity index (χ1v) is 11.1. The maximum Gasteiger partial charge on any atom is 0.223 e. The molecule has 1 amide bonds. The number of hydrogen-bond donors (Lipinski definition) is 3. The van der Waals surface area contributed by atoms with Gasteiger partial charge < -0.3 is 20.7 Å². The molecule has 4 saturated carbocycles. The first-order valence-electron chi connectivity index (χ1n) is 11.1. The minimum Gasteiger partial charge on any atom is -0.377 e. The lowest BCUT2D eigenvalue weighted by Crippen LogP contribution is -2.72. The number of guanidine groups is 1. The van der Waals surface area contributed by atoms with Crippen LogP contribution in [0.5, 0.6) is 0 Å². The zero-order valence-corrected chi connectivity index (χ0v) is 19.2. The maximum atomic E-state index is 12.4. The highest BCUT2D eigenvalue weighted by Gasteiger charge is 2.66. The quantitative estimate of drug-likeness (QED) is 0.314. The molecule has 0 bridgehead atoms. The predicted molar refractivity (Wildman–Crippen MR) is 120 cm³/mol. The average Bonchev–Trinajstić information content (AvgIpc) is 3.35. The topological polar surface area (TPSA) is 74.8 Å². The number of amides is 1. The fourth-order valence-electron chi connectivity index (χ4n) is 6.07. The second-order valence-electron chi connectivity index (χ2n) is 9.51. The molecule has 5 unspecified atom stereocenters. The second-order valence-corrected chi connectivity index (χ2v) is 9.51. The third-order valence-electron chi connectivity index (χ3n) is 7.86. The third-order valence-corrected chi connectivity index (χ3v) is 7.86. The summed E-state index contributed by atoms with van der Waals surface area (Å²) < 4.78 is 6.04. The Morgan fingerprint density at radius 1 is 1.00 bits per heavy atom. The molecule has 1 heterocycles. The largest absolute Gasteiger partial charge is 0.377 e. The summed E-state index contributed by atoms with van der Waals surface area (Å²) in [5, 5.41) is 10.6. The van der Waals surface area contributed by atoms with Crippen LogP contribution in [0.2, 0.25) is 0 Å². The van der Waals surface area contributed by atoms with E-state index in [0.29, 0.717) is 35.6 Å². The molecule has 0 aromatic carbocycles. The van der Waals surface area contributed by atoms with Crippen molar-refractivity contribution in [1.29, 1.82) is 0 Å². The number of nitrogens with zero attached hydrogens (tertiary/aromatic N) is 1. The summed E-state index contributed by atoms with van der Waals surface area (Å²) >= 11 is 0. The number of hydrogen-bond acceptors (Lipinski definition) is 3. The lowest BCUT2D eigenvalue weighted by molar-refractivity contribution is -0.171. The summed E-state index contributed by atoms with van der Waals surface area (Å²) in [6, 6.07) is 1.30. The first-order chi connectivity index (χ1) is 13.2. The molecule has 0 radical (unpaired) electrons. The Bertz CT molecular complexity index is 620. The van der Waals surface area contributed by atoms with Crippen LogP contribution in [0, 0.1) is 17.3 Å². The minimum absolute atomic E-state index is 0. The van der Waals surface area contributed by atoms with Crippen molar-refractivity contribution in [2.24, 2.45) is 22.2 Å². The van der Waals surface area contributed by atoms with Gasteiger partial charge in [-0.15, -0.1) is 24.0 Å². The van der Waals surface area contributed by atoms with Gasteiger partial charge in [0.15, 0.2) is 5.96 Å². The normalized spacial score (nSPS) is 38.5. The van der Waals surface area contributed by atoms with E-state index in [0.717, 1.165) is 51.1 Å². The highest BCUT2D eigenvalue weighted by molar-refractivity contribution is 14.0. The fraction of sp³-hybridized carbons (Fsp3) is 0.905. The van der Waals surface area contributed by atoms with Crippen molar-refractivity contribution >= 4 is 35.8 Å². The molecule has 5 atom stereocenters.